The Morgan fingerprint density at radius 3 is 2.76 bits per heavy atom. The second kappa shape index (κ2) is 7.22. The number of carboxylic acid groups (broad SMARTS) is 1. The van der Waals surface area contributed by atoms with Crippen LogP contribution in [0.5, 0.6) is 0 Å². The Labute approximate surface area is 124 Å². The van der Waals surface area contributed by atoms with Gasteiger partial charge in [0.05, 0.1) is 0 Å². The summed E-state index contributed by atoms with van der Waals surface area (Å²) in [5, 5.41) is 11.7. The van der Waals surface area contributed by atoms with Crippen LogP contribution >= 0.6 is 0 Å². The van der Waals surface area contributed by atoms with E-state index >= 15 is 0 Å². The number of aliphatic carboxylic acids is 1. The van der Waals surface area contributed by atoms with Crippen molar-refractivity contribution < 1.29 is 14.7 Å². The van der Waals surface area contributed by atoms with E-state index in [1.807, 2.05) is 24.3 Å². The zero-order chi connectivity index (χ0) is 15.2. The van der Waals surface area contributed by atoms with Gasteiger partial charge >= 0.3 is 5.97 Å². The molecule has 5 heteroatoms. The van der Waals surface area contributed by atoms with Gasteiger partial charge in [0.2, 0.25) is 5.91 Å². The van der Waals surface area contributed by atoms with Gasteiger partial charge in [0, 0.05) is 18.0 Å². The molecule has 1 amide bonds. The van der Waals surface area contributed by atoms with Crippen molar-refractivity contribution in [2.45, 2.75) is 32.1 Å². The van der Waals surface area contributed by atoms with Crippen molar-refractivity contribution >= 4 is 17.6 Å². The molecule has 2 rings (SSSR count). The number of benzene rings is 1. The first kappa shape index (κ1) is 15.5. The molecule has 2 atom stereocenters. The number of aryl methyl sites for hydroxylation is 1. The number of nitrogens with two attached hydrogens (primary N) is 1. The highest BCUT2D eigenvalue weighted by Crippen LogP contribution is 2.32. The monoisotopic (exact) mass is 290 g/mol. The van der Waals surface area contributed by atoms with E-state index in [0.29, 0.717) is 18.7 Å². The first-order valence-electron chi connectivity index (χ1n) is 7.42. The van der Waals surface area contributed by atoms with Crippen molar-refractivity contribution in [1.82, 2.24) is 0 Å². The SMILES string of the molecule is NCC1CCCC1C(=O)Nc1ccccc1CCC(=O)O. The van der Waals surface area contributed by atoms with E-state index in [2.05, 4.69) is 5.32 Å². The van der Waals surface area contributed by atoms with Crippen molar-refractivity contribution in [2.75, 3.05) is 11.9 Å². The van der Waals surface area contributed by atoms with Crippen LogP contribution < -0.4 is 11.1 Å². The summed E-state index contributed by atoms with van der Waals surface area (Å²) in [4.78, 5) is 23.1. The summed E-state index contributed by atoms with van der Waals surface area (Å²) < 4.78 is 0. The molecule has 0 spiro atoms. The minimum Gasteiger partial charge on any atom is -0.481 e. The summed E-state index contributed by atoms with van der Waals surface area (Å²) in [5.41, 5.74) is 7.29. The topological polar surface area (TPSA) is 92.4 Å². The third-order valence-electron chi connectivity index (χ3n) is 4.18. The van der Waals surface area contributed by atoms with Gasteiger partial charge in [-0.25, -0.2) is 0 Å². The second-order valence-electron chi connectivity index (χ2n) is 5.57. The molecule has 1 fully saturated rings. The van der Waals surface area contributed by atoms with E-state index in [4.69, 9.17) is 10.8 Å². The number of hydrogen-bond donors (Lipinski definition) is 3. The number of anilines is 1. The molecule has 21 heavy (non-hydrogen) atoms. The van der Waals surface area contributed by atoms with Crippen molar-refractivity contribution in [3.63, 3.8) is 0 Å². The Hall–Kier alpha value is -1.88. The Morgan fingerprint density at radius 2 is 2.05 bits per heavy atom. The van der Waals surface area contributed by atoms with Crippen LogP contribution in [0, 0.1) is 11.8 Å². The van der Waals surface area contributed by atoms with Crippen LogP contribution in [0.2, 0.25) is 0 Å². The van der Waals surface area contributed by atoms with Crippen LogP contribution in [0.15, 0.2) is 24.3 Å². The predicted octanol–water partition coefficient (Wildman–Crippen LogP) is 2.02. The third-order valence-corrected chi connectivity index (χ3v) is 4.18. The fourth-order valence-electron chi connectivity index (χ4n) is 2.99. The molecule has 0 aromatic heterocycles. The van der Waals surface area contributed by atoms with Gasteiger partial charge in [-0.05, 0) is 43.4 Å². The van der Waals surface area contributed by atoms with Crippen LogP contribution in [0.1, 0.15) is 31.2 Å². The number of carbonyl (C=O) groups excluding carboxylic acids is 1. The van der Waals surface area contributed by atoms with E-state index in [0.717, 1.165) is 24.8 Å². The van der Waals surface area contributed by atoms with E-state index in [1.165, 1.54) is 0 Å². The standard InChI is InChI=1S/C16H22N2O3/c17-10-12-5-3-6-13(12)16(21)18-14-7-2-1-4-11(14)8-9-15(19)20/h1-2,4,7,12-13H,3,5-6,8-10,17H2,(H,18,21)(H,19,20). The maximum Gasteiger partial charge on any atom is 0.303 e. The Kier molecular flexibility index (Phi) is 5.33. The predicted molar refractivity (Wildman–Crippen MR) is 80.9 cm³/mol. The molecule has 5 nitrogen and oxygen atoms in total. The zero-order valence-corrected chi connectivity index (χ0v) is 12.0. The average Bonchev–Trinajstić information content (AvgIpc) is 2.94. The lowest BCUT2D eigenvalue weighted by atomic mass is 9.95. The highest BCUT2D eigenvalue weighted by Gasteiger charge is 2.32. The summed E-state index contributed by atoms with van der Waals surface area (Å²) in [7, 11) is 0. The lowest BCUT2D eigenvalue weighted by Gasteiger charge is -2.18. The van der Waals surface area contributed by atoms with E-state index in [9.17, 15) is 9.59 Å². The molecule has 0 saturated heterocycles. The smallest absolute Gasteiger partial charge is 0.303 e. The highest BCUT2D eigenvalue weighted by atomic mass is 16.4. The highest BCUT2D eigenvalue weighted by molar-refractivity contribution is 5.93. The number of rotatable bonds is 6. The van der Waals surface area contributed by atoms with Gasteiger partial charge in [0.15, 0.2) is 0 Å². The molecular weight excluding hydrogens is 268 g/mol. The largest absolute Gasteiger partial charge is 0.481 e. The quantitative estimate of drug-likeness (QED) is 0.747. The van der Waals surface area contributed by atoms with Gasteiger partial charge in [-0.2, -0.15) is 0 Å². The van der Waals surface area contributed by atoms with Crippen molar-refractivity contribution in [3.05, 3.63) is 29.8 Å². The molecule has 1 aliphatic carbocycles. The summed E-state index contributed by atoms with van der Waals surface area (Å²) in [5.74, 6) is -0.598. The number of hydrogen-bond acceptors (Lipinski definition) is 3. The lowest BCUT2D eigenvalue weighted by molar-refractivity contribution is -0.137. The fraction of sp³-hybridized carbons (Fsp3) is 0.500. The minimum absolute atomic E-state index is 0.00530. The molecule has 0 bridgehead atoms. The van der Waals surface area contributed by atoms with Crippen molar-refractivity contribution in [3.8, 4) is 0 Å². The second-order valence-corrected chi connectivity index (χ2v) is 5.57. The normalized spacial score (nSPS) is 21.2. The Morgan fingerprint density at radius 1 is 1.29 bits per heavy atom. The van der Waals surface area contributed by atoms with Crippen LogP contribution in [0.4, 0.5) is 5.69 Å². The summed E-state index contributed by atoms with van der Waals surface area (Å²) >= 11 is 0. The van der Waals surface area contributed by atoms with E-state index in [-0.39, 0.29) is 24.2 Å². The maximum atomic E-state index is 12.4. The van der Waals surface area contributed by atoms with E-state index < -0.39 is 5.97 Å². The first-order chi connectivity index (χ1) is 10.1. The zero-order valence-electron chi connectivity index (χ0n) is 12.0. The fourth-order valence-corrected chi connectivity index (χ4v) is 2.99. The number of carbonyl (C=O) groups is 2. The van der Waals surface area contributed by atoms with Gasteiger partial charge in [-0.15, -0.1) is 0 Å². The third kappa shape index (κ3) is 4.04. The molecule has 0 aliphatic heterocycles. The van der Waals surface area contributed by atoms with Gasteiger partial charge in [-0.1, -0.05) is 24.6 Å². The molecule has 0 radical (unpaired) electrons. The Balaban J connectivity index is 2.05. The molecule has 1 aromatic rings. The maximum absolute atomic E-state index is 12.4. The molecule has 1 aliphatic rings. The lowest BCUT2D eigenvalue weighted by Crippen LogP contribution is -2.30. The first-order valence-corrected chi connectivity index (χ1v) is 7.42. The number of carboxylic acids is 1. The van der Waals surface area contributed by atoms with Crippen LogP contribution in [-0.2, 0) is 16.0 Å². The van der Waals surface area contributed by atoms with Crippen molar-refractivity contribution in [2.24, 2.45) is 17.6 Å². The summed E-state index contributed by atoms with van der Waals surface area (Å²) in [6.07, 6.45) is 3.40. The number of amides is 1. The van der Waals surface area contributed by atoms with Gasteiger partial charge in [0.25, 0.3) is 0 Å². The molecule has 4 N–H and O–H groups in total. The minimum atomic E-state index is -0.838. The molecule has 114 valence electrons. The van der Waals surface area contributed by atoms with Crippen molar-refractivity contribution in [1.29, 1.82) is 0 Å². The number of para-hydroxylation sites is 1. The van der Waals surface area contributed by atoms with Gasteiger partial charge < -0.3 is 16.2 Å². The van der Waals surface area contributed by atoms with Gasteiger partial charge in [0.1, 0.15) is 0 Å². The molecular formula is C16H22N2O3. The number of nitrogens with one attached hydrogen (secondary N) is 1. The van der Waals surface area contributed by atoms with Crippen LogP contribution in [0.3, 0.4) is 0 Å². The summed E-state index contributed by atoms with van der Waals surface area (Å²) in [6, 6.07) is 7.37. The molecule has 1 aromatic carbocycles. The van der Waals surface area contributed by atoms with E-state index in [1.54, 1.807) is 0 Å². The van der Waals surface area contributed by atoms with Crippen LogP contribution in [0.25, 0.3) is 0 Å². The Bertz CT molecular complexity index is 516. The van der Waals surface area contributed by atoms with Crippen LogP contribution in [-0.4, -0.2) is 23.5 Å². The average molecular weight is 290 g/mol. The molecule has 2 unspecified atom stereocenters. The molecule has 0 heterocycles. The molecule has 1 saturated carbocycles. The summed E-state index contributed by atoms with van der Waals surface area (Å²) in [6.45, 7) is 0.540. The van der Waals surface area contributed by atoms with Gasteiger partial charge in [-0.3, -0.25) is 9.59 Å².